The highest BCUT2D eigenvalue weighted by Gasteiger charge is 2.31. The zero-order valence-corrected chi connectivity index (χ0v) is 10.9. The number of aliphatic hydroxyl groups excluding tert-OH is 1. The summed E-state index contributed by atoms with van der Waals surface area (Å²) >= 11 is 3.09. The highest BCUT2D eigenvalue weighted by molar-refractivity contribution is 9.10. The minimum atomic E-state index is -1.16. The summed E-state index contributed by atoms with van der Waals surface area (Å²) in [5.74, 6) is -1.12. The van der Waals surface area contributed by atoms with Crippen molar-refractivity contribution in [1.29, 1.82) is 0 Å². The molecule has 1 aromatic heterocycles. The van der Waals surface area contributed by atoms with Crippen molar-refractivity contribution in [1.82, 2.24) is 4.98 Å². The summed E-state index contributed by atoms with van der Waals surface area (Å²) in [7, 11) is 0. The van der Waals surface area contributed by atoms with Crippen LogP contribution in [0.3, 0.4) is 0 Å². The van der Waals surface area contributed by atoms with Crippen LogP contribution in [-0.2, 0) is 4.79 Å². The smallest absolute Gasteiger partial charge is 0.355 e. The van der Waals surface area contributed by atoms with Gasteiger partial charge in [0.05, 0.1) is 4.47 Å². The summed E-state index contributed by atoms with van der Waals surface area (Å²) in [6.45, 7) is 0.299. The monoisotopic (exact) mass is 314 g/mol. The number of anilines is 1. The molecule has 0 aromatic carbocycles. The minimum absolute atomic E-state index is 0.0649. The first kappa shape index (κ1) is 13.0. The van der Waals surface area contributed by atoms with Crippen LogP contribution in [0.15, 0.2) is 16.6 Å². The molecular weight excluding hydrogens is 304 g/mol. The number of hydrogen-bond donors (Lipinski definition) is 2. The standard InChI is InChI=1S/C11H11BrN2O4/c12-7-1-2-8(13-10(7)11(17)18)14-4-6(5-15)3-9(14)16/h1-2,6,15H,3-5H2,(H,17,18). The minimum Gasteiger partial charge on any atom is -0.476 e. The van der Waals surface area contributed by atoms with Crippen LogP contribution in [0.25, 0.3) is 0 Å². The molecule has 1 atom stereocenters. The number of aromatic carboxylic acids is 1. The molecule has 2 N–H and O–H groups in total. The van der Waals surface area contributed by atoms with E-state index >= 15 is 0 Å². The van der Waals surface area contributed by atoms with Crippen LogP contribution in [0.1, 0.15) is 16.9 Å². The Bertz CT molecular complexity index is 506. The van der Waals surface area contributed by atoms with E-state index in [1.165, 1.54) is 4.90 Å². The van der Waals surface area contributed by atoms with Gasteiger partial charge in [-0.15, -0.1) is 0 Å². The van der Waals surface area contributed by atoms with Gasteiger partial charge >= 0.3 is 5.97 Å². The van der Waals surface area contributed by atoms with Crippen LogP contribution in [-0.4, -0.2) is 40.2 Å². The van der Waals surface area contributed by atoms with Crippen molar-refractivity contribution in [2.24, 2.45) is 5.92 Å². The molecule has 2 heterocycles. The number of carbonyl (C=O) groups excluding carboxylic acids is 1. The second-order valence-electron chi connectivity index (χ2n) is 4.06. The van der Waals surface area contributed by atoms with E-state index < -0.39 is 5.97 Å². The van der Waals surface area contributed by atoms with Crippen LogP contribution >= 0.6 is 15.9 Å². The molecule has 1 aliphatic heterocycles. The largest absolute Gasteiger partial charge is 0.476 e. The van der Waals surface area contributed by atoms with Gasteiger partial charge in [0.1, 0.15) is 5.82 Å². The normalized spacial score (nSPS) is 19.3. The molecule has 96 valence electrons. The van der Waals surface area contributed by atoms with Gasteiger partial charge in [0, 0.05) is 25.5 Å². The molecule has 0 spiro atoms. The molecule has 1 aliphatic rings. The lowest BCUT2D eigenvalue weighted by Crippen LogP contribution is -2.26. The third kappa shape index (κ3) is 2.37. The van der Waals surface area contributed by atoms with Crippen LogP contribution in [0, 0.1) is 5.92 Å². The van der Waals surface area contributed by atoms with Crippen LogP contribution in [0.2, 0.25) is 0 Å². The molecule has 1 fully saturated rings. The quantitative estimate of drug-likeness (QED) is 0.864. The van der Waals surface area contributed by atoms with Gasteiger partial charge in [-0.2, -0.15) is 0 Å². The third-order valence-corrected chi connectivity index (χ3v) is 3.41. The van der Waals surface area contributed by atoms with E-state index in [1.54, 1.807) is 12.1 Å². The second kappa shape index (κ2) is 5.03. The summed E-state index contributed by atoms with van der Waals surface area (Å²) < 4.78 is 0.365. The lowest BCUT2D eigenvalue weighted by Gasteiger charge is -2.15. The van der Waals surface area contributed by atoms with Crippen molar-refractivity contribution in [2.45, 2.75) is 6.42 Å². The van der Waals surface area contributed by atoms with E-state index in [0.29, 0.717) is 16.8 Å². The van der Waals surface area contributed by atoms with E-state index in [2.05, 4.69) is 20.9 Å². The Morgan fingerprint density at radius 1 is 1.56 bits per heavy atom. The first-order valence-corrected chi connectivity index (χ1v) is 6.13. The van der Waals surface area contributed by atoms with Gasteiger partial charge in [-0.25, -0.2) is 9.78 Å². The molecule has 7 heteroatoms. The number of aliphatic hydroxyl groups is 1. The van der Waals surface area contributed by atoms with Crippen molar-refractivity contribution < 1.29 is 19.8 Å². The highest BCUT2D eigenvalue weighted by atomic mass is 79.9. The lowest BCUT2D eigenvalue weighted by atomic mass is 10.1. The Morgan fingerprint density at radius 3 is 2.83 bits per heavy atom. The van der Waals surface area contributed by atoms with Gasteiger partial charge in [0.25, 0.3) is 0 Å². The summed E-state index contributed by atoms with van der Waals surface area (Å²) in [6.07, 6.45) is 0.261. The van der Waals surface area contributed by atoms with Crippen molar-refractivity contribution in [3.63, 3.8) is 0 Å². The van der Waals surface area contributed by atoms with E-state index in [9.17, 15) is 9.59 Å². The Hall–Kier alpha value is -1.47. The maximum atomic E-state index is 11.7. The number of hydrogen-bond acceptors (Lipinski definition) is 4. The fourth-order valence-corrected chi connectivity index (χ4v) is 2.25. The maximum Gasteiger partial charge on any atom is 0.355 e. The Morgan fingerprint density at radius 2 is 2.28 bits per heavy atom. The molecule has 18 heavy (non-hydrogen) atoms. The van der Waals surface area contributed by atoms with Gasteiger partial charge in [-0.3, -0.25) is 9.69 Å². The number of carboxylic acids is 1. The predicted molar refractivity (Wildman–Crippen MR) is 66.4 cm³/mol. The molecule has 0 aliphatic carbocycles. The molecule has 6 nitrogen and oxygen atoms in total. The molecule has 0 bridgehead atoms. The topological polar surface area (TPSA) is 90.7 Å². The Labute approximate surface area is 111 Å². The number of halogens is 1. The van der Waals surface area contributed by atoms with Crippen molar-refractivity contribution >= 4 is 33.6 Å². The second-order valence-corrected chi connectivity index (χ2v) is 4.92. The number of pyridine rings is 1. The van der Waals surface area contributed by atoms with Crippen molar-refractivity contribution in [3.05, 3.63) is 22.3 Å². The first-order chi connectivity index (χ1) is 8.52. The highest BCUT2D eigenvalue weighted by Crippen LogP contribution is 2.25. The fraction of sp³-hybridized carbons (Fsp3) is 0.364. The van der Waals surface area contributed by atoms with E-state index in [0.717, 1.165) is 0 Å². The molecule has 2 rings (SSSR count). The molecule has 1 amide bonds. The molecule has 0 saturated carbocycles. The number of nitrogens with zero attached hydrogens (tertiary/aromatic N) is 2. The lowest BCUT2D eigenvalue weighted by molar-refractivity contribution is -0.117. The van der Waals surface area contributed by atoms with Crippen LogP contribution < -0.4 is 4.90 Å². The first-order valence-electron chi connectivity index (χ1n) is 5.34. The maximum absolute atomic E-state index is 11.7. The van der Waals surface area contributed by atoms with Gasteiger partial charge in [0.2, 0.25) is 5.91 Å². The Kier molecular flexibility index (Phi) is 3.63. The van der Waals surface area contributed by atoms with Gasteiger partial charge in [0.15, 0.2) is 5.69 Å². The average molecular weight is 315 g/mol. The van der Waals surface area contributed by atoms with Gasteiger partial charge in [-0.05, 0) is 28.1 Å². The molecule has 1 unspecified atom stereocenters. The van der Waals surface area contributed by atoms with E-state index in [1.807, 2.05) is 0 Å². The zero-order valence-electron chi connectivity index (χ0n) is 9.34. The number of aromatic nitrogens is 1. The molecule has 1 aromatic rings. The fourth-order valence-electron chi connectivity index (χ4n) is 1.86. The summed E-state index contributed by atoms with van der Waals surface area (Å²) in [5, 5.41) is 18.0. The number of carbonyl (C=O) groups is 2. The Balaban J connectivity index is 2.32. The molecule has 0 radical (unpaired) electrons. The van der Waals surface area contributed by atoms with E-state index in [-0.39, 0.29) is 30.5 Å². The number of amides is 1. The molecular formula is C11H11BrN2O4. The molecule has 1 saturated heterocycles. The van der Waals surface area contributed by atoms with Gasteiger partial charge in [-0.1, -0.05) is 0 Å². The number of carboxylic acid groups (broad SMARTS) is 1. The summed E-state index contributed by atoms with van der Waals surface area (Å²) in [6, 6.07) is 3.12. The van der Waals surface area contributed by atoms with Crippen molar-refractivity contribution in [3.8, 4) is 0 Å². The van der Waals surface area contributed by atoms with Gasteiger partial charge < -0.3 is 10.2 Å². The van der Waals surface area contributed by atoms with Crippen molar-refractivity contribution in [2.75, 3.05) is 18.1 Å². The summed E-state index contributed by atoms with van der Waals surface area (Å²) in [4.78, 5) is 28.0. The van der Waals surface area contributed by atoms with Crippen LogP contribution in [0.4, 0.5) is 5.82 Å². The van der Waals surface area contributed by atoms with E-state index in [4.69, 9.17) is 10.2 Å². The SMILES string of the molecule is O=C(O)c1nc(N2CC(CO)CC2=O)ccc1Br. The third-order valence-electron chi connectivity index (χ3n) is 2.77. The predicted octanol–water partition coefficient (Wildman–Crippen LogP) is 0.887. The number of rotatable bonds is 3. The van der Waals surface area contributed by atoms with Crippen LogP contribution in [0.5, 0.6) is 0 Å². The zero-order chi connectivity index (χ0) is 13.3. The summed E-state index contributed by atoms with van der Waals surface area (Å²) in [5.41, 5.74) is -0.132. The average Bonchev–Trinajstić information content (AvgIpc) is 2.71.